The van der Waals surface area contributed by atoms with Gasteiger partial charge >= 0.3 is 0 Å². The van der Waals surface area contributed by atoms with Gasteiger partial charge in [-0.05, 0) is 55.2 Å². The van der Waals surface area contributed by atoms with Crippen LogP contribution in [0.3, 0.4) is 0 Å². The van der Waals surface area contributed by atoms with Crippen molar-refractivity contribution in [1.29, 1.82) is 0 Å². The maximum atomic E-state index is 14.3. The highest BCUT2D eigenvalue weighted by Crippen LogP contribution is 2.40. The first-order valence-electron chi connectivity index (χ1n) is 15.8. The number of carbonyl (C=O) groups is 2. The summed E-state index contributed by atoms with van der Waals surface area (Å²) in [5.41, 5.74) is 3.22. The number of hydrogen-bond donors (Lipinski definition) is 1. The van der Waals surface area contributed by atoms with Crippen LogP contribution < -0.4 is 19.1 Å². The smallest absolute Gasteiger partial charge is 0.264 e. The number of sulfonamides is 1. The predicted octanol–water partition coefficient (Wildman–Crippen LogP) is 3.63. The molecule has 48 heavy (non-hydrogen) atoms. The molecule has 1 N–H and O–H groups in total. The number of amides is 2. The number of ether oxygens (including phenoxy) is 2. The Kier molecular flexibility index (Phi) is 10.8. The fourth-order valence-corrected chi connectivity index (χ4v) is 9.52. The van der Waals surface area contributed by atoms with Crippen molar-refractivity contribution in [2.24, 2.45) is 0 Å². The molecule has 2 heterocycles. The van der Waals surface area contributed by atoms with E-state index in [1.807, 2.05) is 24.3 Å². The van der Waals surface area contributed by atoms with E-state index in [4.69, 9.17) is 9.47 Å². The molecule has 3 aromatic carbocycles. The number of imide groups is 1. The largest absolute Gasteiger partial charge is 0.493 e. The van der Waals surface area contributed by atoms with Crippen LogP contribution in [0, 0.1) is 0 Å². The van der Waals surface area contributed by atoms with Crippen molar-refractivity contribution in [3.05, 3.63) is 89.0 Å². The Balaban J connectivity index is 1.39. The number of hydrogen-bond acceptors (Lipinski definition) is 10. The second-order valence-corrected chi connectivity index (χ2v) is 16.4. The van der Waals surface area contributed by atoms with E-state index in [0.717, 1.165) is 19.3 Å². The van der Waals surface area contributed by atoms with Crippen LogP contribution in [0.4, 0.5) is 5.69 Å². The molecular formula is C34H42N4O8S2. The van der Waals surface area contributed by atoms with Gasteiger partial charge in [0, 0.05) is 45.0 Å². The van der Waals surface area contributed by atoms with Crippen molar-refractivity contribution < 1.29 is 35.9 Å². The van der Waals surface area contributed by atoms with Gasteiger partial charge in [-0.25, -0.2) is 21.6 Å². The van der Waals surface area contributed by atoms with Gasteiger partial charge in [0.15, 0.2) is 26.4 Å². The molecule has 1 saturated heterocycles. The lowest BCUT2D eigenvalue weighted by Gasteiger charge is -2.39. The Morgan fingerprint density at radius 3 is 2.15 bits per heavy atom. The lowest BCUT2D eigenvalue weighted by Crippen LogP contribution is -2.47. The van der Waals surface area contributed by atoms with E-state index in [9.17, 15) is 26.4 Å². The first-order valence-corrected chi connectivity index (χ1v) is 19.5. The van der Waals surface area contributed by atoms with Crippen LogP contribution in [0.2, 0.25) is 0 Å². The topological polar surface area (TPSA) is 143 Å². The van der Waals surface area contributed by atoms with Gasteiger partial charge in [0.1, 0.15) is 0 Å². The minimum absolute atomic E-state index is 0.0816. The van der Waals surface area contributed by atoms with Crippen LogP contribution in [0.1, 0.15) is 63.7 Å². The average Bonchev–Trinajstić information content (AvgIpc) is 3.32. The number of sulfone groups is 1. The van der Waals surface area contributed by atoms with E-state index in [0.29, 0.717) is 47.0 Å². The summed E-state index contributed by atoms with van der Waals surface area (Å²) < 4.78 is 60.9. The molecule has 2 atom stereocenters. The number of nitrogens with one attached hydrogen (secondary N) is 1. The highest BCUT2D eigenvalue weighted by Gasteiger charge is 2.43. The van der Waals surface area contributed by atoms with Crippen molar-refractivity contribution in [2.45, 2.75) is 31.8 Å². The fourth-order valence-electron chi connectivity index (χ4n) is 6.48. The molecule has 12 nitrogen and oxygen atoms in total. The Hall–Kier alpha value is -3.98. The second kappa shape index (κ2) is 14.6. The Bertz CT molecular complexity index is 1860. The maximum absolute atomic E-state index is 14.3. The van der Waals surface area contributed by atoms with Crippen molar-refractivity contribution in [3.63, 3.8) is 0 Å². The molecule has 2 aliphatic heterocycles. The zero-order chi connectivity index (χ0) is 34.6. The lowest BCUT2D eigenvalue weighted by atomic mass is 9.99. The van der Waals surface area contributed by atoms with Crippen molar-refractivity contribution in [3.8, 4) is 11.5 Å². The monoisotopic (exact) mass is 698 g/mol. The van der Waals surface area contributed by atoms with Gasteiger partial charge in [-0.3, -0.25) is 19.4 Å². The molecule has 0 aliphatic carbocycles. The highest BCUT2D eigenvalue weighted by molar-refractivity contribution is 8.06. The molecule has 0 spiro atoms. The number of benzene rings is 3. The molecule has 1 fully saturated rings. The van der Waals surface area contributed by atoms with E-state index < -0.39 is 42.8 Å². The van der Waals surface area contributed by atoms with Crippen molar-refractivity contribution in [2.75, 3.05) is 63.2 Å². The van der Waals surface area contributed by atoms with Crippen LogP contribution in [0.15, 0.2) is 66.7 Å². The van der Waals surface area contributed by atoms with Gasteiger partial charge in [0.2, 0.25) is 10.0 Å². The van der Waals surface area contributed by atoms with E-state index in [1.54, 1.807) is 30.3 Å². The van der Waals surface area contributed by atoms with Crippen LogP contribution in [-0.2, 0) is 19.9 Å². The summed E-state index contributed by atoms with van der Waals surface area (Å²) in [6.07, 6.45) is 1.26. The van der Waals surface area contributed by atoms with Crippen LogP contribution >= 0.6 is 0 Å². The van der Waals surface area contributed by atoms with E-state index in [-0.39, 0.29) is 25.4 Å². The summed E-state index contributed by atoms with van der Waals surface area (Å²) in [6.45, 7) is 5.05. The first-order chi connectivity index (χ1) is 22.8. The van der Waals surface area contributed by atoms with Gasteiger partial charge in [0.25, 0.3) is 11.8 Å². The number of methoxy groups -OCH3 is 2. The standard InChI is InChI=1S/C34H42N4O8S2/c1-24(25-10-6-5-7-11-25)36-18-20-37(21-19-36)29-13-8-12-27-32(29)34(40)38(33(27)39)28(26-15-16-30(45-2)31(22-26)46-3)14-9-17-35-48(43,44)23-47(4,41)42/h5-8,10-13,15-16,22,24,28,35H,9,14,17-21,23H2,1-4H3/t24-,28?/m1/s1. The predicted molar refractivity (Wildman–Crippen MR) is 184 cm³/mol. The Morgan fingerprint density at radius 1 is 0.812 bits per heavy atom. The van der Waals surface area contributed by atoms with Crippen LogP contribution in [0.25, 0.3) is 0 Å². The summed E-state index contributed by atoms with van der Waals surface area (Å²) in [6, 6.07) is 20.3. The highest BCUT2D eigenvalue weighted by atomic mass is 32.3. The summed E-state index contributed by atoms with van der Waals surface area (Å²) in [4.78, 5) is 34.1. The fraction of sp³-hybridized carbons (Fsp3) is 0.412. The molecule has 5 rings (SSSR count). The zero-order valence-electron chi connectivity index (χ0n) is 27.6. The molecule has 0 saturated carbocycles. The number of piperazine rings is 1. The molecule has 258 valence electrons. The van der Waals surface area contributed by atoms with Crippen molar-refractivity contribution >= 4 is 37.4 Å². The molecule has 14 heteroatoms. The lowest BCUT2D eigenvalue weighted by molar-refractivity contribution is 0.0572. The molecular weight excluding hydrogens is 657 g/mol. The van der Waals surface area contributed by atoms with E-state index in [2.05, 4.69) is 33.6 Å². The van der Waals surface area contributed by atoms with Crippen LogP contribution in [0.5, 0.6) is 11.5 Å². The number of carbonyl (C=O) groups excluding carboxylic acids is 2. The summed E-state index contributed by atoms with van der Waals surface area (Å²) >= 11 is 0. The minimum Gasteiger partial charge on any atom is -0.493 e. The summed E-state index contributed by atoms with van der Waals surface area (Å²) in [7, 11) is -4.85. The van der Waals surface area contributed by atoms with Gasteiger partial charge in [-0.1, -0.05) is 42.5 Å². The van der Waals surface area contributed by atoms with Gasteiger partial charge < -0.3 is 14.4 Å². The molecule has 3 aromatic rings. The zero-order valence-corrected chi connectivity index (χ0v) is 29.2. The molecule has 2 amide bonds. The normalized spacial score (nSPS) is 16.9. The first kappa shape index (κ1) is 35.3. The SMILES string of the molecule is COc1ccc(C(CCCNS(=O)(=O)CS(C)(=O)=O)N2C(=O)c3cccc(N4CCN([C@H](C)c5ccccc5)CC4)c3C2=O)cc1OC. The number of anilines is 1. The van der Waals surface area contributed by atoms with Crippen LogP contribution in [-0.4, -0.2) is 96.7 Å². The summed E-state index contributed by atoms with van der Waals surface area (Å²) in [5, 5.41) is -1.03. The molecule has 2 aliphatic rings. The second-order valence-electron chi connectivity index (χ2n) is 12.1. The Morgan fingerprint density at radius 2 is 1.50 bits per heavy atom. The van der Waals surface area contributed by atoms with Gasteiger partial charge in [-0.15, -0.1) is 0 Å². The average molecular weight is 699 g/mol. The maximum Gasteiger partial charge on any atom is 0.264 e. The number of rotatable bonds is 14. The van der Waals surface area contributed by atoms with E-state index in [1.165, 1.54) is 24.7 Å². The minimum atomic E-state index is -4.08. The Labute approximate surface area is 282 Å². The van der Waals surface area contributed by atoms with Crippen molar-refractivity contribution in [1.82, 2.24) is 14.5 Å². The summed E-state index contributed by atoms with van der Waals surface area (Å²) in [5.74, 6) is 0.0152. The quantitative estimate of drug-likeness (QED) is 0.196. The third-order valence-corrected chi connectivity index (χ3v) is 12.5. The molecule has 0 bridgehead atoms. The number of nitrogens with zero attached hydrogens (tertiary/aromatic N) is 3. The third kappa shape index (κ3) is 7.83. The number of fused-ring (bicyclic) bond motifs is 1. The van der Waals surface area contributed by atoms with Gasteiger partial charge in [0.05, 0.1) is 37.1 Å². The molecule has 0 radical (unpaired) electrons. The molecule has 0 aromatic heterocycles. The third-order valence-electron chi connectivity index (χ3n) is 8.86. The van der Waals surface area contributed by atoms with Gasteiger partial charge in [-0.2, -0.15) is 0 Å². The van der Waals surface area contributed by atoms with E-state index >= 15 is 0 Å². The molecule has 1 unspecified atom stereocenters.